The zero-order valence-corrected chi connectivity index (χ0v) is 33.8. The number of H-pyrrole nitrogens is 1. The molecule has 0 aliphatic carbocycles. The van der Waals surface area contributed by atoms with Gasteiger partial charge in [-0.15, -0.1) is 0 Å². The van der Waals surface area contributed by atoms with Crippen molar-refractivity contribution in [2.45, 2.75) is 82.5 Å². The summed E-state index contributed by atoms with van der Waals surface area (Å²) in [5, 5.41) is 20.7. The molecule has 0 saturated carbocycles. The van der Waals surface area contributed by atoms with Crippen LogP contribution in [0.4, 0.5) is 0 Å². The van der Waals surface area contributed by atoms with Crippen LogP contribution in [0.5, 0.6) is 0 Å². The number of aromatic amines is 1. The van der Waals surface area contributed by atoms with E-state index in [1.807, 2.05) is 24.3 Å². The number of guanidine groups is 1. The van der Waals surface area contributed by atoms with Gasteiger partial charge in [-0.3, -0.25) is 43.3 Å². The van der Waals surface area contributed by atoms with E-state index in [9.17, 15) is 43.5 Å². The van der Waals surface area contributed by atoms with Gasteiger partial charge in [0.1, 0.15) is 18.1 Å². The van der Waals surface area contributed by atoms with Crippen LogP contribution in [0.25, 0.3) is 10.9 Å². The number of nitrogens with two attached hydrogens (primary N) is 3. The number of Topliss-reactive ketones (excluding diaryl/α,β-unsaturated/α-hetero) is 1. The van der Waals surface area contributed by atoms with Gasteiger partial charge in [0.25, 0.3) is 0 Å². The first-order valence-electron chi connectivity index (χ1n) is 19.0. The average Bonchev–Trinajstić information content (AvgIpc) is 3.77. The highest BCUT2D eigenvalue weighted by molar-refractivity contribution is 8.76. The molecule has 19 nitrogen and oxygen atoms in total. The van der Waals surface area contributed by atoms with Gasteiger partial charge in [0.15, 0.2) is 11.7 Å². The van der Waals surface area contributed by atoms with Crippen molar-refractivity contribution < 1.29 is 43.5 Å². The molecule has 6 atom stereocenters. The van der Waals surface area contributed by atoms with E-state index in [0.717, 1.165) is 10.9 Å². The number of para-hydroxylation sites is 1. The first-order valence-corrected chi connectivity index (χ1v) is 21.5. The van der Waals surface area contributed by atoms with E-state index in [2.05, 4.69) is 31.2 Å². The molecule has 6 amide bonds. The van der Waals surface area contributed by atoms with Crippen LogP contribution < -0.4 is 38.5 Å². The summed E-state index contributed by atoms with van der Waals surface area (Å²) in [6.45, 7) is 1.62. The van der Waals surface area contributed by atoms with Crippen LogP contribution in [-0.4, -0.2) is 123 Å². The standard InChI is InChI=1S/C37H52N10O9S2/c1-20-9-12-47-32(20)35(55)46-27(33(38)53)19-58-57-13-10-29(49)44-25(8-4-5-11-41-37(39)40)34(54)43-18-30(50)45-26(16-31(51)52)28(48)15-21(36(47)56)14-22-17-42-24-7-3-2-6-23(22)24/h2-3,6-7,17,20-21,25-27,32,42H,4-5,8-16,18-19H2,1H3,(H2,38,53)(H,43,54)(H,44,49)(H,45,50)(H,46,55)(H,51,52)(H4,39,40,41)/t20?,21-,25+,26+,27?,32+/m1/s1. The van der Waals surface area contributed by atoms with Crippen molar-refractivity contribution in [2.24, 2.45) is 34.0 Å². The number of unbranched alkanes of at least 4 members (excludes halogenated alkanes) is 1. The Balaban J connectivity index is 1.64. The van der Waals surface area contributed by atoms with Gasteiger partial charge < -0.3 is 53.5 Å². The number of nitrogens with one attached hydrogen (secondary N) is 5. The number of amides is 6. The summed E-state index contributed by atoms with van der Waals surface area (Å²) in [5.74, 6) is -7.26. The van der Waals surface area contributed by atoms with E-state index in [4.69, 9.17) is 17.2 Å². The summed E-state index contributed by atoms with van der Waals surface area (Å²) in [5.41, 5.74) is 17.9. The van der Waals surface area contributed by atoms with Crippen LogP contribution in [0.1, 0.15) is 57.4 Å². The van der Waals surface area contributed by atoms with Crippen molar-refractivity contribution in [3.63, 3.8) is 0 Å². The van der Waals surface area contributed by atoms with Crippen LogP contribution >= 0.6 is 21.6 Å². The molecule has 4 rings (SSSR count). The molecular formula is C37H52N10O9S2. The molecule has 2 aromatic rings. The molecule has 1 aromatic heterocycles. The number of carbonyl (C=O) groups is 8. The highest BCUT2D eigenvalue weighted by Gasteiger charge is 2.43. The number of benzene rings is 1. The number of carboxylic acid groups (broad SMARTS) is 1. The first kappa shape index (κ1) is 45.4. The van der Waals surface area contributed by atoms with Gasteiger partial charge in [-0.05, 0) is 49.7 Å². The molecule has 2 aliphatic heterocycles. The Labute approximate surface area is 343 Å². The van der Waals surface area contributed by atoms with Crippen LogP contribution in [0.3, 0.4) is 0 Å². The van der Waals surface area contributed by atoms with Gasteiger partial charge in [0.05, 0.1) is 19.0 Å². The molecule has 3 heterocycles. The molecule has 2 saturated heterocycles. The van der Waals surface area contributed by atoms with Crippen molar-refractivity contribution in [1.82, 2.24) is 31.2 Å². The van der Waals surface area contributed by atoms with Crippen LogP contribution in [0, 0.1) is 11.8 Å². The van der Waals surface area contributed by atoms with Gasteiger partial charge in [0, 0.05) is 60.5 Å². The molecule has 21 heteroatoms. The summed E-state index contributed by atoms with van der Waals surface area (Å²) in [6, 6.07) is 2.61. The number of aliphatic carboxylic acids is 1. The minimum Gasteiger partial charge on any atom is -0.481 e. The quantitative estimate of drug-likeness (QED) is 0.0618. The van der Waals surface area contributed by atoms with Crippen molar-refractivity contribution in [1.29, 1.82) is 0 Å². The van der Waals surface area contributed by atoms with Crippen LogP contribution in [0.15, 0.2) is 35.5 Å². The lowest BCUT2D eigenvalue weighted by molar-refractivity contribution is -0.144. The second-order valence-electron chi connectivity index (χ2n) is 14.4. The number of ketones is 1. The number of aromatic nitrogens is 1. The molecule has 2 unspecified atom stereocenters. The fourth-order valence-electron chi connectivity index (χ4n) is 6.95. The zero-order chi connectivity index (χ0) is 42.4. The fourth-order valence-corrected chi connectivity index (χ4v) is 9.11. The monoisotopic (exact) mass is 844 g/mol. The average molecular weight is 845 g/mol. The summed E-state index contributed by atoms with van der Waals surface area (Å²) in [7, 11) is 2.47. The number of rotatable bonds is 10. The number of carbonyl (C=O) groups excluding carboxylic acids is 7. The molecule has 1 aromatic carbocycles. The largest absolute Gasteiger partial charge is 0.481 e. The predicted octanol–water partition coefficient (Wildman–Crippen LogP) is -0.718. The molecular weight excluding hydrogens is 793 g/mol. The Morgan fingerprint density at radius 2 is 1.69 bits per heavy atom. The number of primary amides is 1. The number of nitrogens with zero attached hydrogens (tertiary/aromatic N) is 2. The summed E-state index contributed by atoms with van der Waals surface area (Å²) >= 11 is 0. The van der Waals surface area contributed by atoms with Gasteiger partial charge in [0.2, 0.25) is 35.4 Å². The van der Waals surface area contributed by atoms with Crippen LogP contribution in [0.2, 0.25) is 0 Å². The Morgan fingerprint density at radius 3 is 2.41 bits per heavy atom. The number of hydrogen-bond acceptors (Lipinski definition) is 11. The van der Waals surface area contributed by atoms with E-state index in [-0.39, 0.29) is 49.2 Å². The van der Waals surface area contributed by atoms with E-state index in [1.54, 1.807) is 13.1 Å². The van der Waals surface area contributed by atoms with E-state index in [0.29, 0.717) is 31.4 Å². The highest BCUT2D eigenvalue weighted by atomic mass is 33.1. The van der Waals surface area contributed by atoms with Crippen molar-refractivity contribution >= 4 is 85.6 Å². The van der Waals surface area contributed by atoms with Gasteiger partial charge in [-0.2, -0.15) is 0 Å². The minimum absolute atomic E-state index is 0.0150. The fraction of sp³-hybridized carbons (Fsp3) is 0.541. The molecule has 0 bridgehead atoms. The third-order valence-corrected chi connectivity index (χ3v) is 12.4. The lowest BCUT2D eigenvalue weighted by Gasteiger charge is -2.31. The van der Waals surface area contributed by atoms with E-state index < -0.39 is 96.7 Å². The number of hydrogen-bond donors (Lipinski definition) is 9. The molecule has 2 aliphatic rings. The Kier molecular flexibility index (Phi) is 17.2. The molecule has 12 N–H and O–H groups in total. The lowest BCUT2D eigenvalue weighted by atomic mass is 9.89. The summed E-state index contributed by atoms with van der Waals surface area (Å²) in [6.07, 6.45) is 1.98. The molecule has 316 valence electrons. The SMILES string of the molecule is CC1CCN2C(=O)[C@H](Cc3c[nH]c4ccccc34)CC(=O)[C@H](CC(=O)O)NC(=O)CNC(=O)[C@H](CCCCN=C(N)N)NC(=O)CCSSCC(C(N)=O)NC(=O)[C@H]12. The summed E-state index contributed by atoms with van der Waals surface area (Å²) < 4.78 is 0. The Morgan fingerprint density at radius 1 is 0.948 bits per heavy atom. The zero-order valence-electron chi connectivity index (χ0n) is 32.2. The van der Waals surface area contributed by atoms with Gasteiger partial charge in [-0.25, -0.2) is 0 Å². The van der Waals surface area contributed by atoms with Crippen molar-refractivity contribution in [2.75, 3.05) is 31.1 Å². The maximum Gasteiger partial charge on any atom is 0.305 e. The van der Waals surface area contributed by atoms with Crippen molar-refractivity contribution in [3.8, 4) is 0 Å². The molecule has 58 heavy (non-hydrogen) atoms. The Bertz CT molecular complexity index is 1870. The number of aliphatic imine (C=N–C) groups is 1. The molecule has 0 spiro atoms. The predicted molar refractivity (Wildman–Crippen MR) is 219 cm³/mol. The number of fused-ring (bicyclic) bond motifs is 2. The van der Waals surface area contributed by atoms with E-state index >= 15 is 0 Å². The second kappa shape index (κ2) is 22.0. The third-order valence-electron chi connectivity index (χ3n) is 9.95. The van der Waals surface area contributed by atoms with Crippen LogP contribution in [-0.2, 0) is 44.8 Å². The highest BCUT2D eigenvalue weighted by Crippen LogP contribution is 2.30. The minimum atomic E-state index is -1.57. The summed E-state index contributed by atoms with van der Waals surface area (Å²) in [4.78, 5) is 115. The first-order chi connectivity index (χ1) is 27.6. The van der Waals surface area contributed by atoms with Crippen molar-refractivity contribution in [3.05, 3.63) is 36.0 Å². The lowest BCUT2D eigenvalue weighted by Crippen LogP contribution is -2.55. The number of carboxylic acids is 1. The maximum absolute atomic E-state index is 14.5. The smallest absolute Gasteiger partial charge is 0.305 e. The van der Waals surface area contributed by atoms with Gasteiger partial charge in [-0.1, -0.05) is 46.7 Å². The topological polar surface area (TPSA) is 314 Å². The third kappa shape index (κ3) is 13.4. The van der Waals surface area contributed by atoms with Gasteiger partial charge >= 0.3 is 5.97 Å². The van der Waals surface area contributed by atoms with E-state index in [1.165, 1.54) is 26.5 Å². The Hall–Kier alpha value is -5.31. The normalized spacial score (nSPS) is 24.9. The second-order valence-corrected chi connectivity index (χ2v) is 17.0. The molecule has 0 radical (unpaired) electrons. The maximum atomic E-state index is 14.5. The molecule has 2 fully saturated rings.